The van der Waals surface area contributed by atoms with E-state index in [0.717, 1.165) is 5.56 Å². The van der Waals surface area contributed by atoms with Gasteiger partial charge in [0.2, 0.25) is 5.91 Å². The monoisotopic (exact) mass is 301 g/mol. The molecule has 0 heterocycles. The summed E-state index contributed by atoms with van der Waals surface area (Å²) < 4.78 is 5.69. The Hall–Kier alpha value is -2.37. The molecule has 0 aliphatic carbocycles. The molecule has 1 amide bonds. The minimum absolute atomic E-state index is 0.0432. The van der Waals surface area contributed by atoms with Gasteiger partial charge in [0.1, 0.15) is 19.0 Å². The lowest BCUT2D eigenvalue weighted by atomic mass is 10.1. The van der Waals surface area contributed by atoms with E-state index in [1.165, 1.54) is 0 Å². The molecule has 5 heteroatoms. The second kappa shape index (κ2) is 8.17. The molecule has 3 N–H and O–H groups in total. The van der Waals surface area contributed by atoms with Crippen molar-refractivity contribution in [1.29, 1.82) is 0 Å². The number of carbonyl (C=O) groups excluding carboxylic acids is 1. The number of rotatable bonds is 7. The first-order valence-corrected chi connectivity index (χ1v) is 7.01. The highest BCUT2D eigenvalue weighted by Gasteiger charge is 2.10. The Kier molecular flexibility index (Phi) is 5.94. The summed E-state index contributed by atoms with van der Waals surface area (Å²) in [6, 6.07) is 16.9. The molecule has 0 aliphatic heterocycles. The summed E-state index contributed by atoms with van der Waals surface area (Å²) in [5.41, 5.74) is 1.70. The molecule has 0 spiro atoms. The van der Waals surface area contributed by atoms with Gasteiger partial charge in [-0.2, -0.15) is 0 Å². The molecule has 0 radical (unpaired) electrons. The van der Waals surface area contributed by atoms with Crippen molar-refractivity contribution in [1.82, 2.24) is 5.32 Å². The largest absolute Gasteiger partial charge is 0.489 e. The maximum atomic E-state index is 11.0. The first kappa shape index (κ1) is 16.0. The zero-order valence-corrected chi connectivity index (χ0v) is 12.1. The lowest BCUT2D eigenvalue weighted by molar-refractivity contribution is -0.124. The fourth-order valence-corrected chi connectivity index (χ4v) is 1.94. The number of ether oxygens (including phenoxy) is 1. The van der Waals surface area contributed by atoms with Crippen molar-refractivity contribution < 1.29 is 19.7 Å². The lowest BCUT2D eigenvalue weighted by Gasteiger charge is -2.13. The van der Waals surface area contributed by atoms with E-state index in [2.05, 4.69) is 5.32 Å². The Bertz CT molecular complexity index is 601. The number of hydrogen-bond donors (Lipinski definition) is 3. The van der Waals surface area contributed by atoms with E-state index < -0.39 is 18.6 Å². The number of aliphatic hydroxyl groups excluding tert-OH is 2. The molecule has 0 saturated carbocycles. The molecular weight excluding hydrogens is 282 g/mol. The van der Waals surface area contributed by atoms with Crippen LogP contribution in [0.1, 0.15) is 17.2 Å². The number of benzene rings is 2. The van der Waals surface area contributed by atoms with Crippen LogP contribution < -0.4 is 10.1 Å². The van der Waals surface area contributed by atoms with Crippen LogP contribution in [0, 0.1) is 0 Å². The van der Waals surface area contributed by atoms with Crippen molar-refractivity contribution in [3.63, 3.8) is 0 Å². The maximum Gasteiger partial charge on any atom is 0.245 e. The van der Waals surface area contributed by atoms with E-state index in [1.54, 1.807) is 18.2 Å². The zero-order chi connectivity index (χ0) is 15.8. The predicted molar refractivity (Wildman–Crippen MR) is 82.3 cm³/mol. The number of nitrogens with one attached hydrogen (secondary N) is 1. The van der Waals surface area contributed by atoms with Gasteiger partial charge in [0.05, 0.1) is 6.10 Å². The molecular formula is C17H19NO4. The zero-order valence-electron chi connectivity index (χ0n) is 12.1. The summed E-state index contributed by atoms with van der Waals surface area (Å²) in [4.78, 5) is 11.0. The quantitative estimate of drug-likeness (QED) is 0.722. The highest BCUT2D eigenvalue weighted by Crippen LogP contribution is 2.20. The van der Waals surface area contributed by atoms with Crippen LogP contribution >= 0.6 is 0 Å². The number of amides is 1. The van der Waals surface area contributed by atoms with Gasteiger partial charge in [-0.25, -0.2) is 0 Å². The molecule has 116 valence electrons. The fraction of sp³-hybridized carbons (Fsp3) is 0.235. The van der Waals surface area contributed by atoms with Crippen molar-refractivity contribution in [3.05, 3.63) is 65.7 Å². The van der Waals surface area contributed by atoms with Gasteiger partial charge in [-0.15, -0.1) is 0 Å². The summed E-state index contributed by atoms with van der Waals surface area (Å²) in [6.45, 7) is -0.101. The Morgan fingerprint density at radius 3 is 2.64 bits per heavy atom. The van der Waals surface area contributed by atoms with E-state index in [-0.39, 0.29) is 6.54 Å². The third-order valence-electron chi connectivity index (χ3n) is 3.13. The third kappa shape index (κ3) is 4.87. The van der Waals surface area contributed by atoms with Gasteiger partial charge < -0.3 is 20.3 Å². The van der Waals surface area contributed by atoms with Gasteiger partial charge in [-0.05, 0) is 23.3 Å². The first-order valence-electron chi connectivity index (χ1n) is 7.01. The fourth-order valence-electron chi connectivity index (χ4n) is 1.94. The summed E-state index contributed by atoms with van der Waals surface area (Å²) in [5.74, 6) is 0.129. The Balaban J connectivity index is 1.93. The van der Waals surface area contributed by atoms with Crippen LogP contribution in [0.4, 0.5) is 0 Å². The van der Waals surface area contributed by atoms with E-state index in [0.29, 0.717) is 17.9 Å². The van der Waals surface area contributed by atoms with Crippen molar-refractivity contribution in [2.75, 3.05) is 13.2 Å². The van der Waals surface area contributed by atoms with Gasteiger partial charge in [-0.1, -0.05) is 42.5 Å². The van der Waals surface area contributed by atoms with Crippen LogP contribution in [0.25, 0.3) is 0 Å². The molecule has 22 heavy (non-hydrogen) atoms. The smallest absolute Gasteiger partial charge is 0.245 e. The number of carbonyl (C=O) groups is 1. The maximum absolute atomic E-state index is 11.0. The highest BCUT2D eigenvalue weighted by molar-refractivity contribution is 5.76. The van der Waals surface area contributed by atoms with Crippen molar-refractivity contribution in [2.24, 2.45) is 0 Å². The van der Waals surface area contributed by atoms with Gasteiger partial charge in [0.25, 0.3) is 0 Å². The average molecular weight is 301 g/mol. The van der Waals surface area contributed by atoms with Crippen molar-refractivity contribution in [3.8, 4) is 5.75 Å². The molecule has 0 fully saturated rings. The summed E-state index contributed by atoms with van der Waals surface area (Å²) >= 11 is 0. The minimum atomic E-state index is -0.851. The van der Waals surface area contributed by atoms with E-state index >= 15 is 0 Å². The standard InChI is InChI=1S/C17H19NO4/c19-11-17(21)18-10-16(20)14-7-4-8-15(9-14)22-12-13-5-2-1-3-6-13/h1-9,16,19-20H,10-12H2,(H,18,21). The average Bonchev–Trinajstić information content (AvgIpc) is 2.58. The molecule has 0 aliphatic rings. The predicted octanol–water partition coefficient (Wildman–Crippen LogP) is 1.41. The van der Waals surface area contributed by atoms with Crippen LogP contribution in [0.3, 0.4) is 0 Å². The molecule has 0 aromatic heterocycles. The molecule has 1 atom stereocenters. The van der Waals surface area contributed by atoms with E-state index in [9.17, 15) is 9.90 Å². The van der Waals surface area contributed by atoms with Gasteiger partial charge in [-0.3, -0.25) is 4.79 Å². The molecule has 2 aromatic rings. The highest BCUT2D eigenvalue weighted by atomic mass is 16.5. The Morgan fingerprint density at radius 1 is 1.14 bits per heavy atom. The van der Waals surface area contributed by atoms with Crippen molar-refractivity contribution in [2.45, 2.75) is 12.7 Å². The van der Waals surface area contributed by atoms with Crippen LogP contribution in [-0.2, 0) is 11.4 Å². The van der Waals surface area contributed by atoms with Gasteiger partial charge >= 0.3 is 0 Å². The SMILES string of the molecule is O=C(CO)NCC(O)c1cccc(OCc2ccccc2)c1. The summed E-state index contributed by atoms with van der Waals surface area (Å²) in [6.07, 6.45) is -0.851. The van der Waals surface area contributed by atoms with Crippen LogP contribution in [0.5, 0.6) is 5.75 Å². The first-order chi connectivity index (χ1) is 10.7. The minimum Gasteiger partial charge on any atom is -0.489 e. The molecule has 1 unspecified atom stereocenters. The van der Waals surface area contributed by atoms with E-state index in [1.807, 2.05) is 36.4 Å². The second-order valence-corrected chi connectivity index (χ2v) is 4.82. The van der Waals surface area contributed by atoms with Gasteiger partial charge in [0, 0.05) is 6.54 Å². The van der Waals surface area contributed by atoms with Crippen molar-refractivity contribution >= 4 is 5.91 Å². The number of aliphatic hydroxyl groups is 2. The van der Waals surface area contributed by atoms with Crippen LogP contribution in [0.15, 0.2) is 54.6 Å². The molecule has 2 aromatic carbocycles. The topological polar surface area (TPSA) is 78.8 Å². The molecule has 5 nitrogen and oxygen atoms in total. The normalized spacial score (nSPS) is 11.7. The lowest BCUT2D eigenvalue weighted by Crippen LogP contribution is -2.30. The third-order valence-corrected chi connectivity index (χ3v) is 3.13. The molecule has 2 rings (SSSR count). The van der Waals surface area contributed by atoms with Gasteiger partial charge in [0.15, 0.2) is 0 Å². The van der Waals surface area contributed by atoms with Crippen LogP contribution in [-0.4, -0.2) is 29.3 Å². The summed E-state index contributed by atoms with van der Waals surface area (Å²) in [5, 5.41) is 21.1. The Morgan fingerprint density at radius 2 is 1.91 bits per heavy atom. The molecule has 0 saturated heterocycles. The second-order valence-electron chi connectivity index (χ2n) is 4.82. The van der Waals surface area contributed by atoms with Crippen LogP contribution in [0.2, 0.25) is 0 Å². The summed E-state index contributed by atoms with van der Waals surface area (Å²) in [7, 11) is 0. The molecule has 0 bridgehead atoms. The Labute approximate surface area is 129 Å². The van der Waals surface area contributed by atoms with E-state index in [4.69, 9.17) is 9.84 Å². The number of hydrogen-bond acceptors (Lipinski definition) is 4.